The van der Waals surface area contributed by atoms with Gasteiger partial charge in [0.2, 0.25) is 0 Å². The Kier molecular flexibility index (Phi) is 7.65. The van der Waals surface area contributed by atoms with Gasteiger partial charge in [0.1, 0.15) is 23.5 Å². The Morgan fingerprint density at radius 3 is 2.00 bits per heavy atom. The molecular formula is C23H29NO5. The van der Waals surface area contributed by atoms with Crippen molar-refractivity contribution in [3.8, 4) is 5.75 Å². The lowest BCUT2D eigenvalue weighted by atomic mass is 10.0. The third kappa shape index (κ3) is 7.49. The van der Waals surface area contributed by atoms with Crippen molar-refractivity contribution < 1.29 is 23.8 Å². The highest BCUT2D eigenvalue weighted by atomic mass is 16.6. The molecule has 0 aliphatic carbocycles. The van der Waals surface area contributed by atoms with Crippen molar-refractivity contribution in [2.24, 2.45) is 0 Å². The van der Waals surface area contributed by atoms with E-state index in [1.165, 1.54) is 0 Å². The maximum absolute atomic E-state index is 12.6. The van der Waals surface area contributed by atoms with E-state index in [4.69, 9.17) is 14.2 Å². The van der Waals surface area contributed by atoms with Crippen LogP contribution in [0.15, 0.2) is 60.7 Å². The Morgan fingerprint density at radius 2 is 1.45 bits per heavy atom. The van der Waals surface area contributed by atoms with Crippen molar-refractivity contribution in [1.29, 1.82) is 0 Å². The van der Waals surface area contributed by atoms with Gasteiger partial charge in [0.25, 0.3) is 0 Å². The number of rotatable bonds is 7. The van der Waals surface area contributed by atoms with Crippen LogP contribution in [0.4, 0.5) is 4.79 Å². The molecular weight excluding hydrogens is 370 g/mol. The quantitative estimate of drug-likeness (QED) is 0.686. The first-order valence-corrected chi connectivity index (χ1v) is 9.62. The number of nitrogens with one attached hydrogen (secondary N) is 1. The van der Waals surface area contributed by atoms with Crippen LogP contribution in [0, 0.1) is 0 Å². The number of benzene rings is 2. The number of carbonyl (C=O) groups is 2. The van der Waals surface area contributed by atoms with Gasteiger partial charge in [-0.25, -0.2) is 9.59 Å². The molecule has 0 saturated heterocycles. The molecule has 1 N–H and O–H groups in total. The van der Waals surface area contributed by atoms with Gasteiger partial charge in [-0.3, -0.25) is 0 Å². The highest BCUT2D eigenvalue weighted by Crippen LogP contribution is 2.26. The zero-order valence-electron chi connectivity index (χ0n) is 17.5. The van der Waals surface area contributed by atoms with E-state index in [2.05, 4.69) is 5.32 Å². The van der Waals surface area contributed by atoms with Gasteiger partial charge in [0.05, 0.1) is 0 Å². The topological polar surface area (TPSA) is 73.9 Å². The molecule has 6 nitrogen and oxygen atoms in total. The number of amides is 1. The largest absolute Gasteiger partial charge is 0.486 e. The molecule has 0 aliphatic rings. The van der Waals surface area contributed by atoms with E-state index in [0.29, 0.717) is 5.75 Å². The number of alkyl carbamates (subject to hydrolysis) is 1. The molecule has 6 heteroatoms. The fraction of sp³-hybridized carbons (Fsp3) is 0.391. The van der Waals surface area contributed by atoms with E-state index in [1.807, 2.05) is 67.6 Å². The molecule has 0 unspecified atom stereocenters. The van der Waals surface area contributed by atoms with Crippen molar-refractivity contribution in [1.82, 2.24) is 5.32 Å². The second-order valence-electron chi connectivity index (χ2n) is 7.77. The van der Waals surface area contributed by atoms with E-state index < -0.39 is 35.9 Å². The molecule has 1 amide bonds. The lowest BCUT2D eigenvalue weighted by Crippen LogP contribution is -2.43. The molecule has 0 aliphatic heterocycles. The zero-order valence-corrected chi connectivity index (χ0v) is 17.5. The highest BCUT2D eigenvalue weighted by Gasteiger charge is 2.29. The maximum atomic E-state index is 12.6. The number of hydrogen-bond donors (Lipinski definition) is 1. The molecule has 0 saturated carbocycles. The summed E-state index contributed by atoms with van der Waals surface area (Å²) < 4.78 is 16.9. The van der Waals surface area contributed by atoms with Crippen molar-refractivity contribution in [3.05, 3.63) is 66.2 Å². The number of carbonyl (C=O) groups excluding carboxylic acids is 2. The predicted molar refractivity (Wildman–Crippen MR) is 111 cm³/mol. The summed E-state index contributed by atoms with van der Waals surface area (Å²) in [6, 6.07) is 17.8. The SMILES string of the molecule is C[C@H](NC(=O)OC(C)(C)C)C(=O)O[C@H](c1ccccc1)[C@@H](C)Oc1ccccc1. The number of para-hydroxylation sites is 1. The van der Waals surface area contributed by atoms with Crippen LogP contribution >= 0.6 is 0 Å². The second kappa shape index (κ2) is 9.96. The maximum Gasteiger partial charge on any atom is 0.408 e. The van der Waals surface area contributed by atoms with Gasteiger partial charge in [0, 0.05) is 0 Å². The summed E-state index contributed by atoms with van der Waals surface area (Å²) in [5.41, 5.74) is 0.145. The summed E-state index contributed by atoms with van der Waals surface area (Å²) in [4.78, 5) is 24.6. The third-order valence-corrected chi connectivity index (χ3v) is 3.95. The highest BCUT2D eigenvalue weighted by molar-refractivity contribution is 5.81. The summed E-state index contributed by atoms with van der Waals surface area (Å²) in [6.45, 7) is 8.65. The van der Waals surface area contributed by atoms with E-state index in [-0.39, 0.29) is 0 Å². The average Bonchev–Trinajstić information content (AvgIpc) is 2.65. The molecule has 0 spiro atoms. The summed E-state index contributed by atoms with van der Waals surface area (Å²) >= 11 is 0. The number of hydrogen-bond acceptors (Lipinski definition) is 5. The van der Waals surface area contributed by atoms with Gasteiger partial charge in [-0.2, -0.15) is 0 Å². The van der Waals surface area contributed by atoms with Gasteiger partial charge in [-0.1, -0.05) is 48.5 Å². The first-order valence-electron chi connectivity index (χ1n) is 9.62. The van der Waals surface area contributed by atoms with E-state index >= 15 is 0 Å². The Bertz CT molecular complexity index is 786. The first kappa shape index (κ1) is 22.3. The summed E-state index contributed by atoms with van der Waals surface area (Å²) in [5, 5.41) is 2.51. The molecule has 2 aromatic rings. The summed E-state index contributed by atoms with van der Waals surface area (Å²) in [6.07, 6.45) is -1.77. The number of esters is 1. The van der Waals surface area contributed by atoms with Crippen LogP contribution in [0.3, 0.4) is 0 Å². The molecule has 0 bridgehead atoms. The van der Waals surface area contributed by atoms with Crippen LogP contribution < -0.4 is 10.1 Å². The summed E-state index contributed by atoms with van der Waals surface area (Å²) in [7, 11) is 0. The molecule has 0 heterocycles. The molecule has 2 rings (SSSR count). The van der Waals surface area contributed by atoms with Crippen molar-refractivity contribution in [2.75, 3.05) is 0 Å². The van der Waals surface area contributed by atoms with Gasteiger partial charge in [0.15, 0.2) is 6.10 Å². The molecule has 156 valence electrons. The second-order valence-corrected chi connectivity index (χ2v) is 7.77. The van der Waals surface area contributed by atoms with Crippen molar-refractivity contribution in [2.45, 2.75) is 58.5 Å². The van der Waals surface area contributed by atoms with Crippen LogP contribution in [0.5, 0.6) is 5.75 Å². The Balaban J connectivity index is 2.09. The minimum absolute atomic E-state index is 0.447. The lowest BCUT2D eigenvalue weighted by molar-refractivity contribution is -0.156. The minimum atomic E-state index is -0.875. The van der Waals surface area contributed by atoms with Gasteiger partial charge in [-0.15, -0.1) is 0 Å². The molecule has 2 aromatic carbocycles. The van der Waals surface area contributed by atoms with Gasteiger partial charge < -0.3 is 19.5 Å². The van der Waals surface area contributed by atoms with Crippen molar-refractivity contribution >= 4 is 12.1 Å². The predicted octanol–water partition coefficient (Wildman–Crippen LogP) is 4.65. The fourth-order valence-electron chi connectivity index (χ4n) is 2.62. The average molecular weight is 399 g/mol. The van der Waals surface area contributed by atoms with Gasteiger partial charge in [-0.05, 0) is 52.3 Å². The minimum Gasteiger partial charge on any atom is -0.486 e. The van der Waals surface area contributed by atoms with Crippen LogP contribution in [-0.4, -0.2) is 29.8 Å². The molecule has 0 fully saturated rings. The Morgan fingerprint density at radius 1 is 0.897 bits per heavy atom. The lowest BCUT2D eigenvalue weighted by Gasteiger charge is -2.27. The molecule has 3 atom stereocenters. The van der Waals surface area contributed by atoms with E-state index in [9.17, 15) is 9.59 Å². The van der Waals surface area contributed by atoms with Crippen molar-refractivity contribution in [3.63, 3.8) is 0 Å². The summed E-state index contributed by atoms with van der Waals surface area (Å²) in [5.74, 6) is 0.102. The number of ether oxygens (including phenoxy) is 3. The first-order chi connectivity index (χ1) is 13.7. The van der Waals surface area contributed by atoms with Crippen LogP contribution in [0.1, 0.15) is 46.3 Å². The fourth-order valence-corrected chi connectivity index (χ4v) is 2.62. The molecule has 29 heavy (non-hydrogen) atoms. The van der Waals surface area contributed by atoms with Crippen LogP contribution in [-0.2, 0) is 14.3 Å². The molecule has 0 aromatic heterocycles. The zero-order chi connectivity index (χ0) is 21.4. The standard InChI is InChI=1S/C23H29NO5/c1-16(24-22(26)29-23(3,4)5)21(25)28-20(18-12-8-6-9-13-18)17(2)27-19-14-10-7-11-15-19/h6-17,20H,1-5H3,(H,24,26)/t16-,17+,20-/m0/s1. The van der Waals surface area contributed by atoms with E-state index in [1.54, 1.807) is 27.7 Å². The van der Waals surface area contributed by atoms with E-state index in [0.717, 1.165) is 5.56 Å². The van der Waals surface area contributed by atoms with Crippen LogP contribution in [0.25, 0.3) is 0 Å². The van der Waals surface area contributed by atoms with Gasteiger partial charge >= 0.3 is 12.1 Å². The monoisotopic (exact) mass is 399 g/mol. The smallest absolute Gasteiger partial charge is 0.408 e. The normalized spacial score (nSPS) is 14.2. The third-order valence-electron chi connectivity index (χ3n) is 3.95. The Labute approximate surface area is 172 Å². The van der Waals surface area contributed by atoms with Crippen LogP contribution in [0.2, 0.25) is 0 Å². The molecule has 0 radical (unpaired) electrons. The Hall–Kier alpha value is -3.02.